The minimum atomic E-state index is -0.852. The molecule has 0 bridgehead atoms. The molecular formula is C18H28ClNO3. The van der Waals surface area contributed by atoms with E-state index in [-0.39, 0.29) is 5.91 Å². The van der Waals surface area contributed by atoms with Gasteiger partial charge in [0.2, 0.25) is 0 Å². The van der Waals surface area contributed by atoms with Gasteiger partial charge in [-0.3, -0.25) is 4.79 Å². The lowest BCUT2D eigenvalue weighted by Gasteiger charge is -2.30. The number of ether oxygens (including phenoxy) is 2. The Labute approximate surface area is 144 Å². The van der Waals surface area contributed by atoms with Crippen LogP contribution in [0.4, 0.5) is 5.69 Å². The number of amides is 1. The lowest BCUT2D eigenvalue weighted by Crippen LogP contribution is -2.44. The summed E-state index contributed by atoms with van der Waals surface area (Å²) in [5.41, 5.74) is -0.214. The molecule has 0 unspecified atom stereocenters. The Balaban J connectivity index is 2.87. The maximum Gasteiger partial charge on any atom is 0.256 e. The molecule has 0 fully saturated rings. The fraction of sp³-hybridized carbons (Fsp3) is 0.611. The van der Waals surface area contributed by atoms with Crippen LogP contribution in [-0.2, 0) is 9.53 Å². The fourth-order valence-electron chi connectivity index (χ4n) is 2.44. The zero-order valence-electron chi connectivity index (χ0n) is 14.7. The van der Waals surface area contributed by atoms with Gasteiger partial charge in [-0.15, -0.1) is 0 Å². The first-order valence-electron chi connectivity index (χ1n) is 8.20. The highest BCUT2D eigenvalue weighted by Gasteiger charge is 2.35. The van der Waals surface area contributed by atoms with Crippen LogP contribution >= 0.6 is 11.6 Å². The summed E-state index contributed by atoms with van der Waals surface area (Å²) >= 11 is 6.17. The monoisotopic (exact) mass is 341 g/mol. The summed E-state index contributed by atoms with van der Waals surface area (Å²) in [6.45, 7) is 11.0. The predicted octanol–water partition coefficient (Wildman–Crippen LogP) is 4.91. The Morgan fingerprint density at radius 3 is 2.57 bits per heavy atom. The molecule has 0 heterocycles. The molecule has 0 aliphatic heterocycles. The van der Waals surface area contributed by atoms with Gasteiger partial charge >= 0.3 is 0 Å². The second-order valence-corrected chi connectivity index (χ2v) is 6.62. The molecule has 0 saturated carbocycles. The quantitative estimate of drug-likeness (QED) is 0.694. The van der Waals surface area contributed by atoms with Crippen molar-refractivity contribution in [3.63, 3.8) is 0 Å². The average Bonchev–Trinajstić information content (AvgIpc) is 2.47. The fourth-order valence-corrected chi connectivity index (χ4v) is 2.67. The molecular weight excluding hydrogens is 314 g/mol. The normalized spacial score (nSPS) is 13.7. The van der Waals surface area contributed by atoms with E-state index in [1.165, 1.54) is 0 Å². The zero-order valence-corrected chi connectivity index (χ0v) is 15.5. The van der Waals surface area contributed by atoms with E-state index in [0.717, 1.165) is 6.42 Å². The highest BCUT2D eigenvalue weighted by atomic mass is 35.5. The van der Waals surface area contributed by atoms with Crippen molar-refractivity contribution < 1.29 is 14.3 Å². The first-order chi connectivity index (χ1) is 10.8. The Morgan fingerprint density at radius 2 is 2.04 bits per heavy atom. The third kappa shape index (κ3) is 6.04. The van der Waals surface area contributed by atoms with E-state index in [2.05, 4.69) is 19.2 Å². The van der Waals surface area contributed by atoms with Crippen LogP contribution in [0.2, 0.25) is 5.02 Å². The molecule has 1 aromatic carbocycles. The summed E-state index contributed by atoms with van der Waals surface area (Å²) in [5, 5.41) is 3.38. The van der Waals surface area contributed by atoms with Crippen molar-refractivity contribution in [3.05, 3.63) is 23.2 Å². The van der Waals surface area contributed by atoms with Gasteiger partial charge in [-0.2, -0.15) is 0 Å². The molecule has 1 atom stereocenters. The second kappa shape index (κ2) is 9.14. The van der Waals surface area contributed by atoms with Crippen molar-refractivity contribution in [1.29, 1.82) is 0 Å². The predicted molar refractivity (Wildman–Crippen MR) is 95.4 cm³/mol. The van der Waals surface area contributed by atoms with E-state index in [1.807, 2.05) is 20.8 Å². The molecule has 1 amide bonds. The van der Waals surface area contributed by atoms with Crippen LogP contribution in [0.1, 0.15) is 47.5 Å². The van der Waals surface area contributed by atoms with Crippen LogP contribution in [0.3, 0.4) is 0 Å². The zero-order chi connectivity index (χ0) is 17.5. The highest BCUT2D eigenvalue weighted by Crippen LogP contribution is 2.29. The topological polar surface area (TPSA) is 47.6 Å². The van der Waals surface area contributed by atoms with E-state index in [4.69, 9.17) is 21.1 Å². The maximum atomic E-state index is 12.7. The van der Waals surface area contributed by atoms with Crippen LogP contribution < -0.4 is 10.1 Å². The van der Waals surface area contributed by atoms with Crippen molar-refractivity contribution in [2.45, 2.75) is 53.1 Å². The number of nitrogens with one attached hydrogen (secondary N) is 1. The van der Waals surface area contributed by atoms with Crippen molar-refractivity contribution in [2.75, 3.05) is 18.5 Å². The molecule has 4 nitrogen and oxygen atoms in total. The number of rotatable bonds is 9. The van der Waals surface area contributed by atoms with Gasteiger partial charge in [-0.1, -0.05) is 32.4 Å². The summed E-state index contributed by atoms with van der Waals surface area (Å²) in [6.07, 6.45) is 1.53. The smallest absolute Gasteiger partial charge is 0.256 e. The van der Waals surface area contributed by atoms with Gasteiger partial charge in [0.15, 0.2) is 0 Å². The summed E-state index contributed by atoms with van der Waals surface area (Å²) in [5.74, 6) is 0.811. The number of halogens is 1. The van der Waals surface area contributed by atoms with Gasteiger partial charge in [0.1, 0.15) is 11.4 Å². The number of hydrogen-bond acceptors (Lipinski definition) is 3. The van der Waals surface area contributed by atoms with Crippen LogP contribution in [0.25, 0.3) is 0 Å². The molecule has 0 radical (unpaired) electrons. The SMILES string of the molecule is CCCO[C@@](C)(CC(C)C)C(=O)Nc1ccc(OCC)c(Cl)c1. The molecule has 5 heteroatoms. The standard InChI is InChI=1S/C18H28ClNO3/c1-6-10-23-18(5,12-13(3)4)17(21)20-14-8-9-16(22-7-2)15(19)11-14/h8-9,11,13H,6-7,10,12H2,1-5H3,(H,20,21)/t18-/m0/s1. The third-order valence-electron chi connectivity index (χ3n) is 3.39. The number of carbonyl (C=O) groups is 1. The second-order valence-electron chi connectivity index (χ2n) is 6.21. The number of benzene rings is 1. The summed E-state index contributed by atoms with van der Waals surface area (Å²) in [7, 11) is 0. The van der Waals surface area contributed by atoms with Gasteiger partial charge in [0.05, 0.1) is 11.6 Å². The van der Waals surface area contributed by atoms with Crippen LogP contribution in [0.5, 0.6) is 5.75 Å². The van der Waals surface area contributed by atoms with Crippen molar-refractivity contribution >= 4 is 23.2 Å². The molecule has 1 N–H and O–H groups in total. The highest BCUT2D eigenvalue weighted by molar-refractivity contribution is 6.32. The summed E-state index contributed by atoms with van der Waals surface area (Å²) in [4.78, 5) is 12.7. The van der Waals surface area contributed by atoms with Gasteiger partial charge in [0, 0.05) is 12.3 Å². The van der Waals surface area contributed by atoms with E-state index < -0.39 is 5.60 Å². The lowest BCUT2D eigenvalue weighted by atomic mass is 9.93. The van der Waals surface area contributed by atoms with Crippen molar-refractivity contribution in [3.8, 4) is 5.75 Å². The summed E-state index contributed by atoms with van der Waals surface area (Å²) < 4.78 is 11.2. The van der Waals surface area contributed by atoms with Gasteiger partial charge in [-0.05, 0) is 50.8 Å². The number of anilines is 1. The maximum absolute atomic E-state index is 12.7. The van der Waals surface area contributed by atoms with E-state index >= 15 is 0 Å². The Bertz CT molecular complexity index is 519. The van der Waals surface area contributed by atoms with E-state index in [9.17, 15) is 4.79 Å². The molecule has 1 rings (SSSR count). The molecule has 0 aliphatic carbocycles. The molecule has 130 valence electrons. The van der Waals surface area contributed by atoms with E-state index in [0.29, 0.717) is 42.0 Å². The van der Waals surface area contributed by atoms with Crippen LogP contribution in [0.15, 0.2) is 18.2 Å². The Kier molecular flexibility index (Phi) is 7.86. The minimum Gasteiger partial charge on any atom is -0.492 e. The molecule has 0 saturated heterocycles. The van der Waals surface area contributed by atoms with Crippen LogP contribution in [0, 0.1) is 5.92 Å². The van der Waals surface area contributed by atoms with Crippen LogP contribution in [-0.4, -0.2) is 24.7 Å². The Morgan fingerprint density at radius 1 is 1.35 bits per heavy atom. The van der Waals surface area contributed by atoms with Crippen molar-refractivity contribution in [1.82, 2.24) is 0 Å². The first kappa shape index (κ1) is 19.8. The van der Waals surface area contributed by atoms with E-state index in [1.54, 1.807) is 18.2 Å². The largest absolute Gasteiger partial charge is 0.492 e. The average molecular weight is 342 g/mol. The third-order valence-corrected chi connectivity index (χ3v) is 3.69. The molecule has 0 spiro atoms. The van der Waals surface area contributed by atoms with Gasteiger partial charge < -0.3 is 14.8 Å². The lowest BCUT2D eigenvalue weighted by molar-refractivity contribution is -0.141. The molecule has 0 aromatic heterocycles. The molecule has 23 heavy (non-hydrogen) atoms. The summed E-state index contributed by atoms with van der Waals surface area (Å²) in [6, 6.07) is 5.23. The molecule has 1 aromatic rings. The first-order valence-corrected chi connectivity index (χ1v) is 8.58. The number of hydrogen-bond donors (Lipinski definition) is 1. The minimum absolute atomic E-state index is 0.153. The van der Waals surface area contributed by atoms with Crippen molar-refractivity contribution in [2.24, 2.45) is 5.92 Å². The Hall–Kier alpha value is -1.26. The van der Waals surface area contributed by atoms with Gasteiger partial charge in [-0.25, -0.2) is 0 Å². The van der Waals surface area contributed by atoms with Gasteiger partial charge in [0.25, 0.3) is 5.91 Å². The molecule has 0 aliphatic rings. The number of carbonyl (C=O) groups excluding carboxylic acids is 1.